The number of benzene rings is 1. The first-order valence-electron chi connectivity index (χ1n) is 10.6. The first kappa shape index (κ1) is 26.6. The molecule has 0 saturated carbocycles. The Kier molecular flexibility index (Phi) is 7.87. The molecule has 0 amide bonds. The number of alkyl halides is 3. The van der Waals surface area contributed by atoms with Gasteiger partial charge in [0.1, 0.15) is 11.3 Å². The SMILES string of the molecule is CC(C)Nc1ncc2cc(-c3cc(F)c(NSCCC(F)(F)F)c(F)c3F)c(=O)n(C(C)C)c2n1. The molecule has 0 unspecified atom stereocenters. The number of rotatable bonds is 8. The van der Waals surface area contributed by atoms with Crippen LogP contribution in [-0.4, -0.2) is 32.5 Å². The summed E-state index contributed by atoms with van der Waals surface area (Å²) in [4.78, 5) is 21.8. The number of nitrogens with one attached hydrogen (secondary N) is 2. The molecule has 35 heavy (non-hydrogen) atoms. The number of anilines is 2. The van der Waals surface area contributed by atoms with Crippen molar-refractivity contribution >= 4 is 34.6 Å². The molecule has 0 aliphatic heterocycles. The molecule has 0 aliphatic carbocycles. The summed E-state index contributed by atoms with van der Waals surface area (Å²) in [6.45, 7) is 7.16. The Morgan fingerprint density at radius 2 is 1.74 bits per heavy atom. The van der Waals surface area contributed by atoms with Gasteiger partial charge in [0.25, 0.3) is 5.56 Å². The summed E-state index contributed by atoms with van der Waals surface area (Å²) in [6, 6.07) is 1.46. The lowest BCUT2D eigenvalue weighted by molar-refractivity contribution is -0.129. The summed E-state index contributed by atoms with van der Waals surface area (Å²) in [5.41, 5.74) is -2.34. The predicted octanol–water partition coefficient (Wildman–Crippen LogP) is 6.29. The van der Waals surface area contributed by atoms with E-state index in [-0.39, 0.29) is 23.2 Å². The zero-order chi connectivity index (χ0) is 26.1. The molecule has 2 aromatic heterocycles. The Labute approximate surface area is 201 Å². The summed E-state index contributed by atoms with van der Waals surface area (Å²) in [5, 5.41) is 3.36. The monoisotopic (exact) mass is 519 g/mol. The van der Waals surface area contributed by atoms with Gasteiger partial charge in [0.2, 0.25) is 5.95 Å². The largest absolute Gasteiger partial charge is 0.389 e. The highest BCUT2D eigenvalue weighted by atomic mass is 32.2. The van der Waals surface area contributed by atoms with Crippen LogP contribution in [0.4, 0.5) is 38.0 Å². The van der Waals surface area contributed by atoms with Crippen LogP contribution in [0.15, 0.2) is 23.1 Å². The minimum atomic E-state index is -4.44. The zero-order valence-corrected chi connectivity index (χ0v) is 20.0. The molecular formula is C22H23F6N5OS. The molecule has 0 saturated heterocycles. The second kappa shape index (κ2) is 10.3. The summed E-state index contributed by atoms with van der Waals surface area (Å²) < 4.78 is 84.5. The summed E-state index contributed by atoms with van der Waals surface area (Å²) in [6.07, 6.45) is -4.23. The van der Waals surface area contributed by atoms with E-state index in [4.69, 9.17) is 0 Å². The van der Waals surface area contributed by atoms with Gasteiger partial charge in [-0.3, -0.25) is 9.36 Å². The third-order valence-electron chi connectivity index (χ3n) is 4.82. The van der Waals surface area contributed by atoms with Crippen LogP contribution in [0.5, 0.6) is 0 Å². The molecule has 0 radical (unpaired) electrons. The van der Waals surface area contributed by atoms with Gasteiger partial charge in [-0.15, -0.1) is 0 Å². The number of halogens is 6. The van der Waals surface area contributed by atoms with Crippen molar-refractivity contribution in [2.75, 3.05) is 15.8 Å². The molecule has 0 bridgehead atoms. The Bertz CT molecular complexity index is 1290. The maximum atomic E-state index is 15.0. The van der Waals surface area contributed by atoms with Crippen molar-refractivity contribution in [2.45, 2.75) is 52.4 Å². The average Bonchev–Trinajstić information content (AvgIpc) is 2.74. The van der Waals surface area contributed by atoms with Crippen molar-refractivity contribution in [3.05, 3.63) is 46.1 Å². The van der Waals surface area contributed by atoms with Crippen LogP contribution in [0.2, 0.25) is 0 Å². The minimum Gasteiger partial charge on any atom is -0.352 e. The smallest absolute Gasteiger partial charge is 0.352 e. The lowest BCUT2D eigenvalue weighted by atomic mass is 10.0. The number of nitrogens with zero attached hydrogens (tertiary/aromatic N) is 3. The van der Waals surface area contributed by atoms with E-state index in [2.05, 4.69) is 20.0 Å². The molecule has 2 heterocycles. The number of fused-ring (bicyclic) bond motifs is 1. The highest BCUT2D eigenvalue weighted by Gasteiger charge is 2.27. The molecule has 2 N–H and O–H groups in total. The standard InChI is InChI=1S/C22H23F6N5OS/c1-10(2)30-21-29-9-12-7-14(20(34)33(11(3)4)19(12)31-21)13-8-15(23)18(17(25)16(13)24)32-35-6-5-22(26,27)28/h7-11,32H,5-6H2,1-4H3,(H,29,30,31). The van der Waals surface area contributed by atoms with Gasteiger partial charge < -0.3 is 10.0 Å². The van der Waals surface area contributed by atoms with Crippen LogP contribution in [-0.2, 0) is 0 Å². The molecule has 13 heteroatoms. The molecule has 3 aromatic rings. The highest BCUT2D eigenvalue weighted by molar-refractivity contribution is 8.00. The van der Waals surface area contributed by atoms with Crippen molar-refractivity contribution in [1.82, 2.24) is 14.5 Å². The van der Waals surface area contributed by atoms with E-state index < -0.39 is 58.7 Å². The van der Waals surface area contributed by atoms with E-state index in [1.54, 1.807) is 13.8 Å². The van der Waals surface area contributed by atoms with Gasteiger partial charge in [0.15, 0.2) is 17.5 Å². The van der Waals surface area contributed by atoms with Gasteiger partial charge in [0, 0.05) is 35.0 Å². The Morgan fingerprint density at radius 3 is 2.34 bits per heavy atom. The van der Waals surface area contributed by atoms with Gasteiger partial charge >= 0.3 is 6.18 Å². The van der Waals surface area contributed by atoms with Crippen LogP contribution in [0.1, 0.15) is 40.2 Å². The summed E-state index contributed by atoms with van der Waals surface area (Å²) >= 11 is 0.384. The van der Waals surface area contributed by atoms with Crippen LogP contribution < -0.4 is 15.6 Å². The topological polar surface area (TPSA) is 71.8 Å². The van der Waals surface area contributed by atoms with Gasteiger partial charge in [-0.25, -0.2) is 18.2 Å². The van der Waals surface area contributed by atoms with Gasteiger partial charge in [-0.1, -0.05) is 11.9 Å². The molecule has 6 nitrogen and oxygen atoms in total. The third-order valence-corrected chi connectivity index (χ3v) is 5.57. The molecule has 3 rings (SSSR count). The van der Waals surface area contributed by atoms with E-state index in [1.165, 1.54) is 16.8 Å². The molecule has 0 spiro atoms. The molecule has 1 aromatic carbocycles. The number of hydrogen-bond acceptors (Lipinski definition) is 6. The fourth-order valence-corrected chi connectivity index (χ4v) is 4.06. The first-order valence-corrected chi connectivity index (χ1v) is 11.6. The quantitative estimate of drug-likeness (QED) is 0.158. The van der Waals surface area contributed by atoms with Gasteiger partial charge in [0.05, 0.1) is 12.0 Å². The summed E-state index contributed by atoms with van der Waals surface area (Å²) in [5.74, 6) is -4.69. The van der Waals surface area contributed by atoms with Crippen LogP contribution in [0, 0.1) is 17.5 Å². The van der Waals surface area contributed by atoms with E-state index >= 15 is 0 Å². The maximum absolute atomic E-state index is 15.0. The fourth-order valence-electron chi connectivity index (χ4n) is 3.29. The number of aromatic nitrogens is 3. The van der Waals surface area contributed by atoms with Crippen molar-refractivity contribution in [2.24, 2.45) is 0 Å². The third kappa shape index (κ3) is 6.00. The van der Waals surface area contributed by atoms with Crippen LogP contribution in [0.25, 0.3) is 22.2 Å². The van der Waals surface area contributed by atoms with Gasteiger partial charge in [-0.2, -0.15) is 18.2 Å². The summed E-state index contributed by atoms with van der Waals surface area (Å²) in [7, 11) is 0. The van der Waals surface area contributed by atoms with E-state index in [9.17, 15) is 31.1 Å². The van der Waals surface area contributed by atoms with Crippen molar-refractivity contribution in [1.29, 1.82) is 0 Å². The number of hydrogen-bond donors (Lipinski definition) is 2. The second-order valence-corrected chi connectivity index (χ2v) is 9.22. The normalized spacial score (nSPS) is 12.1. The molecule has 0 atom stereocenters. The number of pyridine rings is 1. The minimum absolute atomic E-state index is 0.0183. The molecule has 190 valence electrons. The van der Waals surface area contributed by atoms with Crippen molar-refractivity contribution in [3.8, 4) is 11.1 Å². The van der Waals surface area contributed by atoms with Crippen LogP contribution in [0.3, 0.4) is 0 Å². The van der Waals surface area contributed by atoms with Crippen molar-refractivity contribution in [3.63, 3.8) is 0 Å². The lowest BCUT2D eigenvalue weighted by Gasteiger charge is -2.17. The Balaban J connectivity index is 2.08. The average molecular weight is 520 g/mol. The Hall–Kier alpha value is -2.96. The molecule has 0 fully saturated rings. The Morgan fingerprint density at radius 1 is 1.06 bits per heavy atom. The fraction of sp³-hybridized carbons (Fsp3) is 0.409. The van der Waals surface area contributed by atoms with Crippen LogP contribution >= 0.6 is 11.9 Å². The van der Waals surface area contributed by atoms with E-state index in [0.29, 0.717) is 23.4 Å². The highest BCUT2D eigenvalue weighted by Crippen LogP contribution is 2.33. The first-order chi connectivity index (χ1) is 16.3. The van der Waals surface area contributed by atoms with E-state index in [1.807, 2.05) is 13.8 Å². The maximum Gasteiger partial charge on any atom is 0.389 e. The van der Waals surface area contributed by atoms with Gasteiger partial charge in [-0.05, 0) is 39.8 Å². The predicted molar refractivity (Wildman–Crippen MR) is 125 cm³/mol. The van der Waals surface area contributed by atoms with Crippen molar-refractivity contribution < 1.29 is 26.3 Å². The molecular weight excluding hydrogens is 496 g/mol. The zero-order valence-electron chi connectivity index (χ0n) is 19.2. The second-order valence-electron chi connectivity index (χ2n) is 8.32. The lowest BCUT2D eigenvalue weighted by Crippen LogP contribution is -2.25. The van der Waals surface area contributed by atoms with E-state index in [0.717, 1.165) is 0 Å². The molecule has 0 aliphatic rings.